The van der Waals surface area contributed by atoms with Gasteiger partial charge in [0.1, 0.15) is 11.9 Å². The van der Waals surface area contributed by atoms with Crippen LogP contribution in [0.4, 0.5) is 4.39 Å². The summed E-state index contributed by atoms with van der Waals surface area (Å²) < 4.78 is 47.0. The van der Waals surface area contributed by atoms with E-state index in [9.17, 15) is 17.6 Å². The van der Waals surface area contributed by atoms with Gasteiger partial charge in [-0.15, -0.1) is 11.3 Å². The van der Waals surface area contributed by atoms with Gasteiger partial charge in [0.05, 0.1) is 25.0 Å². The van der Waals surface area contributed by atoms with E-state index in [-0.39, 0.29) is 25.2 Å². The van der Waals surface area contributed by atoms with Gasteiger partial charge in [-0.3, -0.25) is 9.18 Å². The number of benzene rings is 1. The molecule has 31 heavy (non-hydrogen) atoms. The Labute approximate surface area is 191 Å². The second kappa shape index (κ2) is 9.98. The number of aromatic nitrogens is 1. The number of nitrogens with one attached hydrogen (secondary N) is 1. The molecule has 0 aliphatic carbocycles. The standard InChI is InChI=1S/C19H19BrFN3O5S2/c1-3-28-19(25)15-14(6-8-29-31(2,26)27)23-17(18-22-7-9-30-18)24-16(15)12-5-4-11(21)10-13(12)20/h4-5,7,9-10,16H,3,6,8H2,1-2H3,(H,23,24). The molecule has 2 aromatic rings. The quantitative estimate of drug-likeness (QED) is 0.411. The van der Waals surface area contributed by atoms with Gasteiger partial charge in [-0.1, -0.05) is 22.0 Å². The van der Waals surface area contributed by atoms with E-state index in [0.717, 1.165) is 6.26 Å². The SMILES string of the molecule is CCOC(=O)C1=C(CCOS(C)(=O)=O)NC(c2nccs2)=NC1c1ccc(F)cc1Br. The zero-order valence-electron chi connectivity index (χ0n) is 16.6. The lowest BCUT2D eigenvalue weighted by molar-refractivity contribution is -0.139. The fourth-order valence-electron chi connectivity index (χ4n) is 2.93. The Kier molecular flexibility index (Phi) is 7.57. The van der Waals surface area contributed by atoms with Gasteiger partial charge < -0.3 is 10.1 Å². The highest BCUT2D eigenvalue weighted by molar-refractivity contribution is 9.10. The molecule has 0 spiro atoms. The summed E-state index contributed by atoms with van der Waals surface area (Å²) in [7, 11) is -3.66. The minimum atomic E-state index is -3.66. The Morgan fingerprint density at radius 1 is 1.39 bits per heavy atom. The Hall–Kier alpha value is -2.15. The van der Waals surface area contributed by atoms with Crippen LogP contribution < -0.4 is 5.32 Å². The molecule has 0 radical (unpaired) electrons. The first-order chi connectivity index (χ1) is 14.7. The van der Waals surface area contributed by atoms with Crippen LogP contribution in [0.2, 0.25) is 0 Å². The van der Waals surface area contributed by atoms with Crippen molar-refractivity contribution in [1.82, 2.24) is 10.3 Å². The molecule has 1 unspecified atom stereocenters. The van der Waals surface area contributed by atoms with Gasteiger partial charge in [0.25, 0.3) is 10.1 Å². The van der Waals surface area contributed by atoms with E-state index < -0.39 is 27.9 Å². The molecule has 0 saturated carbocycles. The monoisotopic (exact) mass is 531 g/mol. The Morgan fingerprint density at radius 2 is 2.16 bits per heavy atom. The van der Waals surface area contributed by atoms with Gasteiger partial charge in [-0.25, -0.2) is 14.2 Å². The van der Waals surface area contributed by atoms with Crippen LogP contribution in [-0.4, -0.2) is 44.7 Å². The van der Waals surface area contributed by atoms with Crippen LogP contribution in [0.5, 0.6) is 0 Å². The number of thiazole rings is 1. The minimum Gasteiger partial charge on any atom is -0.463 e. The number of carbonyl (C=O) groups excluding carboxylic acids is 1. The van der Waals surface area contributed by atoms with Crippen molar-refractivity contribution >= 4 is 49.2 Å². The van der Waals surface area contributed by atoms with Gasteiger partial charge in [-0.2, -0.15) is 8.42 Å². The largest absolute Gasteiger partial charge is 0.463 e. The number of hydrogen-bond donors (Lipinski definition) is 1. The Morgan fingerprint density at radius 3 is 2.77 bits per heavy atom. The van der Waals surface area contributed by atoms with Crippen LogP contribution in [0, 0.1) is 5.82 Å². The van der Waals surface area contributed by atoms with Crippen LogP contribution in [-0.2, 0) is 23.8 Å². The molecule has 0 saturated heterocycles. The van der Waals surface area contributed by atoms with E-state index in [1.165, 1.54) is 29.5 Å². The molecule has 0 bridgehead atoms. The summed E-state index contributed by atoms with van der Waals surface area (Å²) in [5.74, 6) is -0.664. The highest BCUT2D eigenvalue weighted by atomic mass is 79.9. The number of nitrogens with zero attached hydrogens (tertiary/aromatic N) is 2. The van der Waals surface area contributed by atoms with Crippen LogP contribution in [0.3, 0.4) is 0 Å². The molecule has 12 heteroatoms. The number of hydrogen-bond acceptors (Lipinski definition) is 9. The predicted octanol–water partition coefficient (Wildman–Crippen LogP) is 3.32. The second-order valence-corrected chi connectivity index (χ2v) is 9.79. The lowest BCUT2D eigenvalue weighted by Gasteiger charge is -2.27. The molecular formula is C19H19BrFN3O5S2. The van der Waals surface area contributed by atoms with Crippen molar-refractivity contribution in [2.75, 3.05) is 19.5 Å². The van der Waals surface area contributed by atoms with Crippen LogP contribution in [0.15, 0.2) is 50.5 Å². The Balaban J connectivity index is 2.11. The van der Waals surface area contributed by atoms with E-state index in [2.05, 4.69) is 31.2 Å². The third kappa shape index (κ3) is 5.97. The van der Waals surface area contributed by atoms with Crippen LogP contribution >= 0.6 is 27.3 Å². The molecule has 0 fully saturated rings. The number of aliphatic imine (C=N–C) groups is 1. The van der Waals surface area contributed by atoms with Gasteiger partial charge >= 0.3 is 5.97 Å². The van der Waals surface area contributed by atoms with Crippen molar-refractivity contribution in [3.05, 3.63) is 61.9 Å². The average Bonchev–Trinajstić information content (AvgIpc) is 3.21. The van der Waals surface area contributed by atoms with Crippen molar-refractivity contribution in [3.8, 4) is 0 Å². The summed E-state index contributed by atoms with van der Waals surface area (Å²) in [6, 6.07) is 3.26. The second-order valence-electron chi connectivity index (χ2n) is 6.40. The molecule has 3 rings (SSSR count). The number of carbonyl (C=O) groups is 1. The zero-order chi connectivity index (χ0) is 22.6. The summed E-state index contributed by atoms with van der Waals surface area (Å²) in [6.07, 6.45) is 2.63. The highest BCUT2D eigenvalue weighted by Gasteiger charge is 2.33. The molecule has 1 aromatic heterocycles. The smallest absolute Gasteiger partial charge is 0.338 e. The molecule has 1 aromatic carbocycles. The fourth-order valence-corrected chi connectivity index (χ4v) is 4.48. The minimum absolute atomic E-state index is 0.0704. The molecule has 0 amide bonds. The predicted molar refractivity (Wildman–Crippen MR) is 118 cm³/mol. The average molecular weight is 532 g/mol. The Bertz CT molecular complexity index is 1130. The normalized spacial score (nSPS) is 16.6. The van der Waals surface area contributed by atoms with E-state index in [0.29, 0.717) is 26.6 Å². The lowest BCUT2D eigenvalue weighted by atomic mass is 9.94. The van der Waals surface area contributed by atoms with Crippen molar-refractivity contribution < 1.29 is 26.5 Å². The van der Waals surface area contributed by atoms with Gasteiger partial charge in [-0.05, 0) is 24.6 Å². The highest BCUT2D eigenvalue weighted by Crippen LogP contribution is 2.37. The first-order valence-electron chi connectivity index (χ1n) is 9.13. The number of rotatable bonds is 8. The van der Waals surface area contributed by atoms with Crippen molar-refractivity contribution in [1.29, 1.82) is 0 Å². The summed E-state index contributed by atoms with van der Waals surface area (Å²) >= 11 is 4.69. The van der Waals surface area contributed by atoms with Crippen molar-refractivity contribution in [3.63, 3.8) is 0 Å². The zero-order valence-corrected chi connectivity index (χ0v) is 19.8. The molecule has 1 aliphatic heterocycles. The summed E-state index contributed by atoms with van der Waals surface area (Å²) in [5, 5.41) is 5.43. The topological polar surface area (TPSA) is 107 Å². The summed E-state index contributed by atoms with van der Waals surface area (Å²) in [6.45, 7) is 1.62. The third-order valence-electron chi connectivity index (χ3n) is 4.16. The summed E-state index contributed by atoms with van der Waals surface area (Å²) in [4.78, 5) is 21.8. The van der Waals surface area contributed by atoms with Crippen LogP contribution in [0.1, 0.15) is 30.0 Å². The molecular weight excluding hydrogens is 513 g/mol. The number of amidine groups is 1. The van der Waals surface area contributed by atoms with Crippen molar-refractivity contribution in [2.24, 2.45) is 4.99 Å². The molecule has 1 N–H and O–H groups in total. The van der Waals surface area contributed by atoms with E-state index in [1.807, 2.05) is 0 Å². The van der Waals surface area contributed by atoms with Crippen LogP contribution in [0.25, 0.3) is 0 Å². The number of esters is 1. The molecule has 2 heterocycles. The third-order valence-corrected chi connectivity index (χ3v) is 6.22. The number of ether oxygens (including phenoxy) is 1. The van der Waals surface area contributed by atoms with Gasteiger partial charge in [0.2, 0.25) is 0 Å². The summed E-state index contributed by atoms with van der Waals surface area (Å²) in [5.41, 5.74) is 1.12. The van der Waals surface area contributed by atoms with E-state index in [4.69, 9.17) is 8.92 Å². The van der Waals surface area contributed by atoms with E-state index >= 15 is 0 Å². The fraction of sp³-hybridized carbons (Fsp3) is 0.316. The van der Waals surface area contributed by atoms with Gasteiger partial charge in [0, 0.05) is 28.2 Å². The molecule has 8 nitrogen and oxygen atoms in total. The van der Waals surface area contributed by atoms with E-state index in [1.54, 1.807) is 18.5 Å². The maximum atomic E-state index is 13.7. The maximum absolute atomic E-state index is 13.7. The molecule has 1 aliphatic rings. The first kappa shape index (κ1) is 23.5. The first-order valence-corrected chi connectivity index (χ1v) is 12.6. The molecule has 1 atom stereocenters. The maximum Gasteiger partial charge on any atom is 0.338 e. The van der Waals surface area contributed by atoms with Crippen molar-refractivity contribution in [2.45, 2.75) is 19.4 Å². The number of halogens is 2. The molecule has 166 valence electrons. The van der Waals surface area contributed by atoms with Gasteiger partial charge in [0.15, 0.2) is 10.8 Å². The lowest BCUT2D eigenvalue weighted by Crippen LogP contribution is -2.34.